The van der Waals surface area contributed by atoms with E-state index in [0.717, 1.165) is 22.6 Å². The van der Waals surface area contributed by atoms with Crippen LogP contribution in [0.15, 0.2) is 27.2 Å². The van der Waals surface area contributed by atoms with Crippen LogP contribution in [0, 0.1) is 27.7 Å². The van der Waals surface area contributed by atoms with Crippen LogP contribution >= 0.6 is 11.3 Å². The van der Waals surface area contributed by atoms with Crippen molar-refractivity contribution in [1.82, 2.24) is 8.87 Å². The second-order valence-electron chi connectivity index (χ2n) is 7.46. The molecular formula is C20H26N2O5S2. The molecule has 0 saturated carbocycles. The predicted molar refractivity (Wildman–Crippen MR) is 112 cm³/mol. The van der Waals surface area contributed by atoms with Gasteiger partial charge >= 0.3 is 10.8 Å². The quantitative estimate of drug-likeness (QED) is 0.647. The van der Waals surface area contributed by atoms with E-state index in [4.69, 9.17) is 4.74 Å². The summed E-state index contributed by atoms with van der Waals surface area (Å²) in [6, 6.07) is 2.84. The molecule has 2 aromatic rings. The highest BCUT2D eigenvalue weighted by Crippen LogP contribution is 2.31. The van der Waals surface area contributed by atoms with E-state index in [1.165, 1.54) is 4.31 Å². The van der Waals surface area contributed by atoms with Crippen molar-refractivity contribution >= 4 is 27.3 Å². The second-order valence-corrected chi connectivity index (χ2v) is 10.1. The van der Waals surface area contributed by atoms with Gasteiger partial charge in [-0.3, -0.25) is 14.2 Å². The zero-order chi connectivity index (χ0) is 21.3. The van der Waals surface area contributed by atoms with Gasteiger partial charge < -0.3 is 4.74 Å². The minimum Gasteiger partial charge on any atom is -0.463 e. The number of hydrogen-bond acceptors (Lipinski definition) is 6. The van der Waals surface area contributed by atoms with Gasteiger partial charge in [-0.1, -0.05) is 29.0 Å². The van der Waals surface area contributed by atoms with Gasteiger partial charge in [0.15, 0.2) is 0 Å². The fraction of sp³-hybridized carbons (Fsp3) is 0.500. The molecule has 0 aliphatic carbocycles. The van der Waals surface area contributed by atoms with E-state index >= 15 is 0 Å². The van der Waals surface area contributed by atoms with Gasteiger partial charge in [0.2, 0.25) is 10.0 Å². The number of carbonyl (C=O) groups is 1. The Labute approximate surface area is 175 Å². The Bertz CT molecular complexity index is 1060. The molecule has 1 aliphatic heterocycles. The fourth-order valence-corrected chi connectivity index (χ4v) is 6.79. The molecule has 1 saturated heterocycles. The van der Waals surface area contributed by atoms with E-state index in [1.807, 2.05) is 26.0 Å². The zero-order valence-electron chi connectivity index (χ0n) is 17.1. The van der Waals surface area contributed by atoms with E-state index in [0.29, 0.717) is 24.0 Å². The van der Waals surface area contributed by atoms with Gasteiger partial charge in [-0.15, -0.1) is 0 Å². The number of aromatic nitrogens is 1. The summed E-state index contributed by atoms with van der Waals surface area (Å²) in [6.45, 7) is 7.87. The van der Waals surface area contributed by atoms with E-state index in [9.17, 15) is 18.0 Å². The molecule has 0 spiro atoms. The summed E-state index contributed by atoms with van der Waals surface area (Å²) in [5.41, 5.74) is 3.16. The van der Waals surface area contributed by atoms with Crippen molar-refractivity contribution in [2.45, 2.75) is 58.0 Å². The molecule has 7 nitrogen and oxygen atoms in total. The maximum Gasteiger partial charge on any atom is 0.324 e. The van der Waals surface area contributed by atoms with E-state index in [1.54, 1.807) is 23.8 Å². The van der Waals surface area contributed by atoms with Crippen LogP contribution in [0.4, 0.5) is 0 Å². The summed E-state index contributed by atoms with van der Waals surface area (Å²) in [7, 11) is -3.81. The lowest BCUT2D eigenvalue weighted by Gasteiger charge is -2.24. The first-order chi connectivity index (χ1) is 13.6. The highest BCUT2D eigenvalue weighted by Gasteiger charge is 2.41. The van der Waals surface area contributed by atoms with Crippen molar-refractivity contribution < 1.29 is 17.9 Å². The molecule has 3 rings (SSSR count). The topological polar surface area (TPSA) is 85.7 Å². The molecule has 2 heterocycles. The lowest BCUT2D eigenvalue weighted by Crippen LogP contribution is -2.42. The summed E-state index contributed by atoms with van der Waals surface area (Å²) >= 11 is 1.10. The number of esters is 1. The minimum atomic E-state index is -3.81. The fourth-order valence-electron chi connectivity index (χ4n) is 3.96. The van der Waals surface area contributed by atoms with Gasteiger partial charge in [-0.25, -0.2) is 8.42 Å². The number of hydrogen-bond donors (Lipinski definition) is 0. The number of carbonyl (C=O) groups excluding carboxylic acids is 1. The highest BCUT2D eigenvalue weighted by atomic mass is 32.2. The highest BCUT2D eigenvalue weighted by molar-refractivity contribution is 7.89. The lowest BCUT2D eigenvalue weighted by atomic mass is 10.1. The number of rotatable bonds is 6. The van der Waals surface area contributed by atoms with Crippen molar-refractivity contribution in [2.75, 3.05) is 13.2 Å². The first-order valence-electron chi connectivity index (χ1n) is 9.54. The van der Waals surface area contributed by atoms with E-state index in [-0.39, 0.29) is 29.5 Å². The molecule has 1 atom stereocenters. The van der Waals surface area contributed by atoms with Gasteiger partial charge in [0.25, 0.3) is 0 Å². The third kappa shape index (κ3) is 4.31. The molecule has 9 heteroatoms. The summed E-state index contributed by atoms with van der Waals surface area (Å²) in [4.78, 5) is 24.6. The van der Waals surface area contributed by atoms with E-state index < -0.39 is 22.0 Å². The first-order valence-corrected chi connectivity index (χ1v) is 11.9. The Hall–Kier alpha value is -1.97. The molecule has 0 bridgehead atoms. The average Bonchev–Trinajstić information content (AvgIpc) is 3.23. The summed E-state index contributed by atoms with van der Waals surface area (Å²) in [5.74, 6) is -0.561. The summed E-state index contributed by atoms with van der Waals surface area (Å²) in [5, 5.41) is 1.75. The Morgan fingerprint density at radius 2 is 1.86 bits per heavy atom. The molecule has 1 fully saturated rings. The molecule has 1 aliphatic rings. The second kappa shape index (κ2) is 8.41. The normalized spacial score (nSPS) is 17.6. The average molecular weight is 439 g/mol. The van der Waals surface area contributed by atoms with Crippen molar-refractivity contribution in [2.24, 2.45) is 0 Å². The van der Waals surface area contributed by atoms with Gasteiger partial charge in [-0.2, -0.15) is 4.31 Å². The number of ether oxygens (including phenoxy) is 1. The Morgan fingerprint density at radius 1 is 1.21 bits per heavy atom. The van der Waals surface area contributed by atoms with Gasteiger partial charge in [0, 0.05) is 17.6 Å². The van der Waals surface area contributed by atoms with Crippen LogP contribution in [0.25, 0.3) is 0 Å². The number of thiazole rings is 1. The Morgan fingerprint density at radius 3 is 2.45 bits per heavy atom. The number of benzene rings is 1. The number of aryl methyl sites for hydroxylation is 4. The zero-order valence-corrected chi connectivity index (χ0v) is 18.7. The third-order valence-corrected chi connectivity index (χ3v) is 8.28. The van der Waals surface area contributed by atoms with Gasteiger partial charge in [0.1, 0.15) is 12.6 Å². The van der Waals surface area contributed by atoms with Crippen LogP contribution in [0.2, 0.25) is 0 Å². The maximum absolute atomic E-state index is 13.3. The van der Waals surface area contributed by atoms with Crippen LogP contribution in [0.3, 0.4) is 0 Å². The Balaban J connectivity index is 1.75. The third-order valence-electron chi connectivity index (χ3n) is 5.18. The van der Waals surface area contributed by atoms with Crippen LogP contribution in [0.5, 0.6) is 0 Å². The molecule has 1 aromatic heterocycles. The van der Waals surface area contributed by atoms with Crippen molar-refractivity contribution in [3.63, 3.8) is 0 Å². The molecule has 158 valence electrons. The van der Waals surface area contributed by atoms with Crippen LogP contribution in [-0.4, -0.2) is 42.5 Å². The first kappa shape index (κ1) is 21.7. The van der Waals surface area contributed by atoms with E-state index in [2.05, 4.69) is 0 Å². The van der Waals surface area contributed by atoms with Gasteiger partial charge in [0.05, 0.1) is 11.4 Å². The minimum absolute atomic E-state index is 0.0310. The summed E-state index contributed by atoms with van der Waals surface area (Å²) in [6.07, 6.45) is 1.03. The molecule has 0 radical (unpaired) electrons. The molecule has 0 N–H and O–H groups in total. The summed E-state index contributed by atoms with van der Waals surface area (Å²) < 4.78 is 34.8. The van der Waals surface area contributed by atoms with Gasteiger partial charge in [-0.05, 0) is 51.7 Å². The molecule has 1 aromatic carbocycles. The number of nitrogens with zero attached hydrogens (tertiary/aromatic N) is 2. The SMILES string of the molecule is Cc1cc(C)c(S(=O)(=O)N2CCCC2C(=O)OCCn2c(C)csc2=O)c(C)c1. The Kier molecular flexibility index (Phi) is 6.30. The monoisotopic (exact) mass is 438 g/mol. The van der Waals surface area contributed by atoms with Crippen LogP contribution in [0.1, 0.15) is 35.2 Å². The van der Waals surface area contributed by atoms with Crippen LogP contribution in [-0.2, 0) is 26.1 Å². The molecule has 1 unspecified atom stereocenters. The largest absolute Gasteiger partial charge is 0.463 e. The predicted octanol–water partition coefficient (Wildman–Crippen LogP) is 2.54. The molecule has 29 heavy (non-hydrogen) atoms. The van der Waals surface area contributed by atoms with Crippen molar-refractivity contribution in [3.05, 3.63) is 49.6 Å². The maximum atomic E-state index is 13.3. The molecular weight excluding hydrogens is 412 g/mol. The van der Waals surface area contributed by atoms with Crippen molar-refractivity contribution in [3.8, 4) is 0 Å². The smallest absolute Gasteiger partial charge is 0.324 e. The standard InChI is InChI=1S/C20H26N2O5S2/c1-13-10-14(2)18(15(3)11-13)29(25,26)22-7-5-6-17(22)19(23)27-9-8-21-16(4)12-28-20(21)24/h10-12,17H,5-9H2,1-4H3. The lowest BCUT2D eigenvalue weighted by molar-refractivity contribution is -0.147. The van der Waals surface area contributed by atoms with Crippen LogP contribution < -0.4 is 4.87 Å². The van der Waals surface area contributed by atoms with Crippen molar-refractivity contribution in [1.29, 1.82) is 0 Å². The number of sulfonamides is 1. The molecule has 0 amide bonds.